The normalized spacial score (nSPS) is 21.4. The zero-order valence-corrected chi connectivity index (χ0v) is 20.0. The summed E-state index contributed by atoms with van der Waals surface area (Å²) in [5.41, 5.74) is 2.37. The van der Waals surface area contributed by atoms with Crippen LogP contribution in [0, 0.1) is 12.8 Å². The van der Waals surface area contributed by atoms with Crippen LogP contribution in [-0.2, 0) is 19.6 Å². The second-order valence-electron chi connectivity index (χ2n) is 8.84. The molecule has 0 radical (unpaired) electrons. The molecule has 0 bridgehead atoms. The lowest BCUT2D eigenvalue weighted by Gasteiger charge is -2.36. The molecule has 2 heterocycles. The molecular weight excluding hydrogens is 438 g/mol. The third-order valence-electron chi connectivity index (χ3n) is 6.55. The van der Waals surface area contributed by atoms with Crippen molar-refractivity contribution in [1.82, 2.24) is 14.5 Å². The highest BCUT2D eigenvalue weighted by Gasteiger charge is 2.33. The molecule has 2 fully saturated rings. The van der Waals surface area contributed by atoms with E-state index in [1.807, 2.05) is 0 Å². The predicted octanol–water partition coefficient (Wildman–Crippen LogP) is 2.59. The van der Waals surface area contributed by atoms with Crippen LogP contribution in [-0.4, -0.2) is 69.5 Å². The van der Waals surface area contributed by atoms with Gasteiger partial charge in [-0.25, -0.2) is 8.42 Å². The van der Waals surface area contributed by atoms with Crippen molar-refractivity contribution in [3.05, 3.63) is 65.7 Å². The summed E-state index contributed by atoms with van der Waals surface area (Å²) < 4.78 is 33.0. The summed E-state index contributed by atoms with van der Waals surface area (Å²) in [6.45, 7) is 6.23. The number of sulfonamides is 1. The molecule has 7 nitrogen and oxygen atoms in total. The van der Waals surface area contributed by atoms with Gasteiger partial charge in [-0.3, -0.25) is 9.69 Å². The lowest BCUT2D eigenvalue weighted by atomic mass is 9.98. The van der Waals surface area contributed by atoms with Gasteiger partial charge in [0.15, 0.2) is 0 Å². The molecule has 2 aliphatic rings. The third kappa shape index (κ3) is 5.81. The van der Waals surface area contributed by atoms with Gasteiger partial charge in [-0.15, -0.1) is 0 Å². The number of benzene rings is 2. The number of carbonyl (C=O) groups excluding carboxylic acids is 1. The maximum Gasteiger partial charge on any atom is 0.243 e. The molecule has 2 saturated heterocycles. The summed E-state index contributed by atoms with van der Waals surface area (Å²) in [6.07, 6.45) is 1.37. The van der Waals surface area contributed by atoms with Gasteiger partial charge in [-0.1, -0.05) is 48.0 Å². The molecule has 0 spiro atoms. The Morgan fingerprint density at radius 3 is 2.45 bits per heavy atom. The van der Waals surface area contributed by atoms with Crippen LogP contribution in [0.15, 0.2) is 59.5 Å². The highest BCUT2D eigenvalue weighted by Crippen LogP contribution is 2.25. The average Bonchev–Trinajstić information content (AvgIpc) is 2.86. The van der Waals surface area contributed by atoms with Crippen LogP contribution in [0.4, 0.5) is 0 Å². The van der Waals surface area contributed by atoms with Crippen molar-refractivity contribution in [3.63, 3.8) is 0 Å². The molecule has 2 aromatic carbocycles. The lowest BCUT2D eigenvalue weighted by Crippen LogP contribution is -2.48. The van der Waals surface area contributed by atoms with Crippen LogP contribution in [0.5, 0.6) is 0 Å². The number of amides is 1. The van der Waals surface area contributed by atoms with Gasteiger partial charge in [0.2, 0.25) is 15.9 Å². The Morgan fingerprint density at radius 2 is 1.76 bits per heavy atom. The first kappa shape index (κ1) is 23.9. The molecule has 2 unspecified atom stereocenters. The van der Waals surface area contributed by atoms with Gasteiger partial charge in [0, 0.05) is 32.7 Å². The largest absolute Gasteiger partial charge is 0.379 e. The molecular formula is C25H33N3O4S. The number of aryl methyl sites for hydroxylation is 1. The number of carbonyl (C=O) groups is 1. The first-order valence-corrected chi connectivity index (χ1v) is 13.1. The van der Waals surface area contributed by atoms with Gasteiger partial charge in [0.05, 0.1) is 30.1 Å². The van der Waals surface area contributed by atoms with Crippen molar-refractivity contribution in [1.29, 1.82) is 0 Å². The van der Waals surface area contributed by atoms with Crippen molar-refractivity contribution in [3.8, 4) is 0 Å². The number of nitrogens with one attached hydrogen (secondary N) is 1. The number of morpholine rings is 1. The van der Waals surface area contributed by atoms with E-state index in [1.54, 1.807) is 30.3 Å². The Hall–Kier alpha value is -2.26. The van der Waals surface area contributed by atoms with Gasteiger partial charge < -0.3 is 10.1 Å². The topological polar surface area (TPSA) is 79.0 Å². The van der Waals surface area contributed by atoms with E-state index in [9.17, 15) is 13.2 Å². The van der Waals surface area contributed by atoms with Crippen molar-refractivity contribution < 1.29 is 17.9 Å². The van der Waals surface area contributed by atoms with Crippen molar-refractivity contribution >= 4 is 15.9 Å². The van der Waals surface area contributed by atoms with Gasteiger partial charge in [-0.05, 0) is 37.5 Å². The minimum absolute atomic E-state index is 0.0613. The number of hydrogen-bond acceptors (Lipinski definition) is 5. The fraction of sp³-hybridized carbons (Fsp3) is 0.480. The summed E-state index contributed by atoms with van der Waals surface area (Å²) in [4.78, 5) is 15.7. The predicted molar refractivity (Wildman–Crippen MR) is 127 cm³/mol. The first-order valence-electron chi connectivity index (χ1n) is 11.7. The van der Waals surface area contributed by atoms with Crippen LogP contribution >= 0.6 is 0 Å². The molecule has 1 N–H and O–H groups in total. The van der Waals surface area contributed by atoms with Gasteiger partial charge in [0.25, 0.3) is 0 Å². The van der Waals surface area contributed by atoms with Crippen LogP contribution in [0.1, 0.15) is 30.0 Å². The van der Waals surface area contributed by atoms with Gasteiger partial charge in [-0.2, -0.15) is 4.31 Å². The number of ether oxygens (including phenoxy) is 1. The third-order valence-corrected chi connectivity index (χ3v) is 8.43. The second kappa shape index (κ2) is 10.8. The molecule has 0 aromatic heterocycles. The summed E-state index contributed by atoms with van der Waals surface area (Å²) in [5, 5.41) is 3.13. The number of piperidine rings is 1. The smallest absolute Gasteiger partial charge is 0.243 e. The lowest BCUT2D eigenvalue weighted by molar-refractivity contribution is -0.126. The van der Waals surface area contributed by atoms with Gasteiger partial charge in [0.1, 0.15) is 0 Å². The fourth-order valence-electron chi connectivity index (χ4n) is 4.59. The number of hydrogen-bond donors (Lipinski definition) is 1. The van der Waals surface area contributed by atoms with E-state index in [0.717, 1.165) is 13.1 Å². The minimum atomic E-state index is -3.59. The number of rotatable bonds is 7. The molecule has 178 valence electrons. The molecule has 0 saturated carbocycles. The van der Waals surface area contributed by atoms with Crippen molar-refractivity contribution in [2.45, 2.75) is 30.7 Å². The highest BCUT2D eigenvalue weighted by molar-refractivity contribution is 7.89. The van der Waals surface area contributed by atoms with E-state index >= 15 is 0 Å². The maximum absolute atomic E-state index is 13.1. The fourth-order valence-corrected chi connectivity index (χ4v) is 6.14. The Morgan fingerprint density at radius 1 is 1.06 bits per heavy atom. The molecule has 33 heavy (non-hydrogen) atoms. The first-order chi connectivity index (χ1) is 15.9. The van der Waals surface area contributed by atoms with Crippen LogP contribution in [0.2, 0.25) is 0 Å². The Kier molecular flexibility index (Phi) is 7.80. The molecule has 8 heteroatoms. The summed E-state index contributed by atoms with van der Waals surface area (Å²) in [5.74, 6) is -0.422. The van der Waals surface area contributed by atoms with E-state index in [4.69, 9.17) is 4.74 Å². The van der Waals surface area contributed by atoms with E-state index in [1.165, 1.54) is 15.4 Å². The molecule has 1 amide bonds. The number of nitrogens with zero attached hydrogens (tertiary/aromatic N) is 2. The van der Waals surface area contributed by atoms with Crippen LogP contribution in [0.25, 0.3) is 0 Å². The van der Waals surface area contributed by atoms with E-state index in [0.29, 0.717) is 39.1 Å². The Bertz CT molecular complexity index is 1020. The highest BCUT2D eigenvalue weighted by atomic mass is 32.2. The second-order valence-corrected chi connectivity index (χ2v) is 10.8. The van der Waals surface area contributed by atoms with Gasteiger partial charge >= 0.3 is 0 Å². The zero-order valence-electron chi connectivity index (χ0n) is 19.2. The Balaban J connectivity index is 1.42. The maximum atomic E-state index is 13.1. The molecule has 2 atom stereocenters. The van der Waals surface area contributed by atoms with E-state index in [-0.39, 0.29) is 29.3 Å². The van der Waals surface area contributed by atoms with Crippen molar-refractivity contribution in [2.24, 2.45) is 5.92 Å². The SMILES string of the molecule is Cc1ccc(C(CNC(=O)C2CCCN(S(=O)(=O)c3ccccc3)C2)N2CCOCC2)cc1. The van der Waals surface area contributed by atoms with Crippen LogP contribution in [0.3, 0.4) is 0 Å². The standard InChI is InChI=1S/C25H33N3O4S/c1-20-9-11-21(12-10-20)24(27-14-16-32-17-15-27)18-26-25(29)22-6-5-13-28(19-22)33(30,31)23-7-3-2-4-8-23/h2-4,7-12,22,24H,5-6,13-19H2,1H3,(H,26,29). The van der Waals surface area contributed by atoms with E-state index < -0.39 is 10.0 Å². The molecule has 2 aromatic rings. The molecule has 2 aliphatic heterocycles. The summed E-state index contributed by atoms with van der Waals surface area (Å²) in [6, 6.07) is 16.9. The zero-order chi connectivity index (χ0) is 23.3. The molecule has 4 rings (SSSR count). The van der Waals surface area contributed by atoms with Crippen molar-refractivity contribution in [2.75, 3.05) is 45.9 Å². The van der Waals surface area contributed by atoms with E-state index in [2.05, 4.69) is 41.4 Å². The minimum Gasteiger partial charge on any atom is -0.379 e. The molecule has 0 aliphatic carbocycles. The summed E-state index contributed by atoms with van der Waals surface area (Å²) in [7, 11) is -3.59. The van der Waals surface area contributed by atoms with Crippen LogP contribution < -0.4 is 5.32 Å². The monoisotopic (exact) mass is 471 g/mol. The average molecular weight is 472 g/mol. The quantitative estimate of drug-likeness (QED) is 0.672. The summed E-state index contributed by atoms with van der Waals surface area (Å²) >= 11 is 0. The Labute approximate surface area is 196 Å².